The third-order valence-corrected chi connectivity index (χ3v) is 2.09. The van der Waals surface area contributed by atoms with Crippen LogP contribution in [0.4, 0.5) is 0 Å². The minimum atomic E-state index is 0.169. The van der Waals surface area contributed by atoms with E-state index < -0.39 is 0 Å². The molecule has 0 spiro atoms. The Morgan fingerprint density at radius 1 is 1.12 bits per heavy atom. The average Bonchev–Trinajstić information content (AvgIpc) is 2.31. The molecule has 5 heteroatoms. The first-order valence-corrected chi connectivity index (χ1v) is 6.18. The van der Waals surface area contributed by atoms with E-state index in [1.165, 1.54) is 13.2 Å². The van der Waals surface area contributed by atoms with Crippen LogP contribution < -0.4 is 9.47 Å². The highest BCUT2D eigenvalue weighted by Crippen LogP contribution is 2.29. The van der Waals surface area contributed by atoms with E-state index in [0.717, 1.165) is 11.0 Å². The number of alkyl halides is 1. The summed E-state index contributed by atoms with van der Waals surface area (Å²) in [4.78, 5) is 0. The lowest BCUT2D eigenvalue weighted by atomic mass is 10.3. The number of halogens is 1. The second-order valence-corrected chi connectivity index (χ2v) is 3.80. The van der Waals surface area contributed by atoms with Crippen LogP contribution in [0.5, 0.6) is 17.2 Å². The van der Waals surface area contributed by atoms with E-state index in [2.05, 4.69) is 27.3 Å². The largest absolute Gasteiger partial charge is 0.508 e. The summed E-state index contributed by atoms with van der Waals surface area (Å²) >= 11 is 2.26. The van der Waals surface area contributed by atoms with Crippen molar-refractivity contribution in [2.75, 3.05) is 32.4 Å². The van der Waals surface area contributed by atoms with E-state index in [-0.39, 0.29) is 5.75 Å². The van der Waals surface area contributed by atoms with Crippen molar-refractivity contribution >= 4 is 22.6 Å². The quantitative estimate of drug-likeness (QED) is 0.676. The van der Waals surface area contributed by atoms with Crippen molar-refractivity contribution in [2.45, 2.75) is 0 Å². The lowest BCUT2D eigenvalue weighted by Gasteiger charge is -2.06. The van der Waals surface area contributed by atoms with Crippen LogP contribution in [0.3, 0.4) is 0 Å². The van der Waals surface area contributed by atoms with Crippen molar-refractivity contribution < 1.29 is 19.3 Å². The van der Waals surface area contributed by atoms with Crippen molar-refractivity contribution in [3.8, 4) is 17.2 Å². The molecule has 0 atom stereocenters. The molecule has 0 aliphatic heterocycles. The molecule has 1 rings (SSSR count). The molecule has 0 aliphatic carbocycles. The number of hydrogen-bond acceptors (Lipinski definition) is 4. The zero-order chi connectivity index (χ0) is 12.4. The monoisotopic (exact) mass is 340 g/mol. The van der Waals surface area contributed by atoms with Gasteiger partial charge in [0.15, 0.2) is 11.5 Å². The van der Waals surface area contributed by atoms with Crippen molar-refractivity contribution in [3.05, 3.63) is 18.2 Å². The molecule has 1 aromatic rings. The third-order valence-electron chi connectivity index (χ3n) is 1.65. The number of methoxy groups -OCH3 is 3. The Kier molecular flexibility index (Phi) is 9.12. The predicted molar refractivity (Wildman–Crippen MR) is 72.0 cm³/mol. The third kappa shape index (κ3) is 6.02. The van der Waals surface area contributed by atoms with Gasteiger partial charge in [-0.2, -0.15) is 0 Å². The molecule has 0 heterocycles. The Morgan fingerprint density at radius 3 is 2.12 bits per heavy atom. The summed E-state index contributed by atoms with van der Waals surface area (Å²) in [6.07, 6.45) is 0. The van der Waals surface area contributed by atoms with Gasteiger partial charge in [-0.25, -0.2) is 0 Å². The maximum absolute atomic E-state index is 9.03. The van der Waals surface area contributed by atoms with Crippen LogP contribution in [0.2, 0.25) is 0 Å². The molecule has 0 aromatic heterocycles. The molecule has 1 N–H and O–H groups in total. The normalized spacial score (nSPS) is 9.00. The summed E-state index contributed by atoms with van der Waals surface area (Å²) in [6, 6.07) is 4.69. The van der Waals surface area contributed by atoms with Gasteiger partial charge in [-0.1, -0.05) is 22.6 Å². The van der Waals surface area contributed by atoms with Gasteiger partial charge in [0.2, 0.25) is 0 Å². The summed E-state index contributed by atoms with van der Waals surface area (Å²) in [5.74, 6) is 1.32. The highest BCUT2D eigenvalue weighted by Gasteiger charge is 2.01. The molecule has 0 amide bonds. The number of benzene rings is 1. The second-order valence-electron chi connectivity index (χ2n) is 2.72. The van der Waals surface area contributed by atoms with E-state index in [1.54, 1.807) is 26.4 Å². The summed E-state index contributed by atoms with van der Waals surface area (Å²) in [5.41, 5.74) is 0. The standard InChI is InChI=1S/C8H10O3.C3H7IO/c1-10-7-4-3-6(9)5-8(7)11-2;1-5-3-2-4/h3-5,9H,1-2H3;2-3H2,1H3. The molecule has 92 valence electrons. The number of phenolic OH excluding ortho intramolecular Hbond substituents is 1. The first kappa shape index (κ1) is 15.3. The molecule has 1 aromatic carbocycles. The topological polar surface area (TPSA) is 47.9 Å². The Balaban J connectivity index is 0.000000385. The molecule has 0 fully saturated rings. The van der Waals surface area contributed by atoms with Crippen LogP contribution >= 0.6 is 22.6 Å². The van der Waals surface area contributed by atoms with Crippen LogP contribution in [-0.2, 0) is 4.74 Å². The molecule has 0 bridgehead atoms. The van der Waals surface area contributed by atoms with Gasteiger partial charge in [0.1, 0.15) is 5.75 Å². The summed E-state index contributed by atoms with van der Waals surface area (Å²) in [6.45, 7) is 0.876. The number of aromatic hydroxyl groups is 1. The molecule has 0 aliphatic rings. The van der Waals surface area contributed by atoms with E-state index in [9.17, 15) is 0 Å². The van der Waals surface area contributed by atoms with Crippen molar-refractivity contribution in [1.29, 1.82) is 0 Å². The summed E-state index contributed by atoms with van der Waals surface area (Å²) in [7, 11) is 4.78. The van der Waals surface area contributed by atoms with Crippen molar-refractivity contribution in [1.82, 2.24) is 0 Å². The van der Waals surface area contributed by atoms with Crippen molar-refractivity contribution in [3.63, 3.8) is 0 Å². The zero-order valence-electron chi connectivity index (χ0n) is 9.70. The highest BCUT2D eigenvalue weighted by molar-refractivity contribution is 14.1. The molecule has 0 saturated heterocycles. The maximum Gasteiger partial charge on any atom is 0.164 e. The minimum absolute atomic E-state index is 0.169. The summed E-state index contributed by atoms with van der Waals surface area (Å²) in [5, 5.41) is 9.03. The van der Waals surface area contributed by atoms with Crippen LogP contribution in [0.15, 0.2) is 18.2 Å². The summed E-state index contributed by atoms with van der Waals surface area (Å²) < 4.78 is 15.7. The van der Waals surface area contributed by atoms with Gasteiger partial charge in [-0.3, -0.25) is 0 Å². The highest BCUT2D eigenvalue weighted by atomic mass is 127. The van der Waals surface area contributed by atoms with E-state index in [0.29, 0.717) is 11.5 Å². The molecule has 0 radical (unpaired) electrons. The first-order chi connectivity index (χ1) is 7.69. The second kappa shape index (κ2) is 9.53. The van der Waals surface area contributed by atoms with Gasteiger partial charge in [-0.05, 0) is 12.1 Å². The first-order valence-electron chi connectivity index (χ1n) is 4.65. The lowest BCUT2D eigenvalue weighted by Crippen LogP contribution is -1.88. The lowest BCUT2D eigenvalue weighted by molar-refractivity contribution is 0.220. The molecular weight excluding hydrogens is 323 g/mol. The van der Waals surface area contributed by atoms with E-state index >= 15 is 0 Å². The fourth-order valence-corrected chi connectivity index (χ4v) is 1.34. The fourth-order valence-electron chi connectivity index (χ4n) is 0.902. The molecular formula is C11H17IO4. The molecule has 16 heavy (non-hydrogen) atoms. The fraction of sp³-hybridized carbons (Fsp3) is 0.455. The minimum Gasteiger partial charge on any atom is -0.508 e. The Bertz CT molecular complexity index is 289. The van der Waals surface area contributed by atoms with Gasteiger partial charge in [-0.15, -0.1) is 0 Å². The van der Waals surface area contributed by atoms with Gasteiger partial charge >= 0.3 is 0 Å². The maximum atomic E-state index is 9.03. The van der Waals surface area contributed by atoms with Crippen LogP contribution in [0.25, 0.3) is 0 Å². The Morgan fingerprint density at radius 2 is 1.75 bits per heavy atom. The molecule has 0 saturated carbocycles. The van der Waals surface area contributed by atoms with E-state index in [4.69, 9.17) is 14.6 Å². The smallest absolute Gasteiger partial charge is 0.164 e. The van der Waals surface area contributed by atoms with Gasteiger partial charge in [0.25, 0.3) is 0 Å². The Hall–Kier alpha value is -0.690. The van der Waals surface area contributed by atoms with Crippen LogP contribution in [-0.4, -0.2) is 37.5 Å². The van der Waals surface area contributed by atoms with Crippen LogP contribution in [0, 0.1) is 0 Å². The molecule has 4 nitrogen and oxygen atoms in total. The average molecular weight is 340 g/mol. The van der Waals surface area contributed by atoms with Gasteiger partial charge in [0.05, 0.1) is 20.8 Å². The number of phenols is 1. The Labute approximate surface area is 110 Å². The van der Waals surface area contributed by atoms with Crippen LogP contribution in [0.1, 0.15) is 0 Å². The SMILES string of the molecule is COCCI.COc1ccc(O)cc1OC. The number of ether oxygens (including phenoxy) is 3. The number of rotatable bonds is 4. The van der Waals surface area contributed by atoms with Gasteiger partial charge < -0.3 is 19.3 Å². The zero-order valence-corrected chi connectivity index (χ0v) is 11.9. The predicted octanol–water partition coefficient (Wildman–Crippen LogP) is 2.48. The molecule has 0 unspecified atom stereocenters. The van der Waals surface area contributed by atoms with Crippen molar-refractivity contribution in [2.24, 2.45) is 0 Å². The van der Waals surface area contributed by atoms with E-state index in [1.807, 2.05) is 0 Å². The number of hydrogen-bond donors (Lipinski definition) is 1. The van der Waals surface area contributed by atoms with Gasteiger partial charge in [0, 0.05) is 17.6 Å².